The molecule has 0 N–H and O–H groups in total. The summed E-state index contributed by atoms with van der Waals surface area (Å²) in [4.78, 5) is 5.04. The summed E-state index contributed by atoms with van der Waals surface area (Å²) >= 11 is 5.61. The van der Waals surface area contributed by atoms with E-state index in [9.17, 15) is 0 Å². The van der Waals surface area contributed by atoms with Crippen LogP contribution in [0.15, 0.2) is 388 Å². The van der Waals surface area contributed by atoms with Gasteiger partial charge < -0.3 is 9.80 Å². The zero-order chi connectivity index (χ0) is 72.1. The summed E-state index contributed by atoms with van der Waals surface area (Å²) in [6, 6.07) is 146. The topological polar surface area (TPSA) is 6.48 Å². The Hall–Kier alpha value is -13.3. The molecule has 0 unspecified atom stereocenters. The van der Waals surface area contributed by atoms with Gasteiger partial charge in [0.2, 0.25) is 0 Å². The van der Waals surface area contributed by atoms with Crippen molar-refractivity contribution in [2.24, 2.45) is 0 Å². The predicted molar refractivity (Wildman–Crippen MR) is 473 cm³/mol. The Morgan fingerprint density at radius 1 is 0.191 bits per heavy atom. The summed E-state index contributed by atoms with van der Waals surface area (Å²) in [5, 5.41) is 12.6. The maximum atomic E-state index is 2.57. The van der Waals surface area contributed by atoms with Crippen LogP contribution in [-0.2, 0) is 5.41 Å². The summed E-state index contributed by atoms with van der Waals surface area (Å²) < 4.78 is 7.69. The quantitative estimate of drug-likeness (QED) is 0.127. The van der Waals surface area contributed by atoms with Gasteiger partial charge in [-0.05, 0) is 196 Å². The fourth-order valence-electron chi connectivity index (χ4n) is 18.9. The Bertz CT molecular complexity index is 7330. The third-order valence-electron chi connectivity index (χ3n) is 23.5. The monoisotopic (exact) mass is 1450 g/mol. The van der Waals surface area contributed by atoms with Crippen LogP contribution in [0.5, 0.6) is 0 Å². The Labute approximate surface area is 648 Å². The number of thiophene rings is 3. The molecule has 110 heavy (non-hydrogen) atoms. The maximum Gasteiger partial charge on any atom is 0.0726 e. The SMILES string of the molecule is c1ccc(N(c2ccc(-c3cccc4c(-c5ccc6c(c5)sc5cccc(-c7ccccc7N(c7ccc(-c8cccc9ccccc89)cc7)c7cccc8c7-c7ccccc7C87c8ccccc8-c8ccccc87)c56)cccc34)cc2)c2ccc3sc4ccccc4c3c2)c(-c2cccc3sc4ccccc4c23)c1. The third kappa shape index (κ3) is 9.45. The van der Waals surface area contributed by atoms with Crippen molar-refractivity contribution in [2.75, 3.05) is 9.80 Å². The highest BCUT2D eigenvalue weighted by atomic mass is 32.1. The normalized spacial score (nSPS) is 12.6. The molecule has 0 fully saturated rings. The molecule has 3 aromatic heterocycles. The van der Waals surface area contributed by atoms with Crippen molar-refractivity contribution in [3.05, 3.63) is 411 Å². The van der Waals surface area contributed by atoms with Crippen LogP contribution in [0, 0.1) is 0 Å². The molecule has 0 amide bonds. The number of anilines is 6. The summed E-state index contributed by atoms with van der Waals surface area (Å²) in [7, 11) is 0. The van der Waals surface area contributed by atoms with E-state index in [1.54, 1.807) is 0 Å². The molecule has 18 aromatic carbocycles. The number of rotatable bonds is 11. The molecule has 23 rings (SSSR count). The van der Waals surface area contributed by atoms with Gasteiger partial charge >= 0.3 is 0 Å². The lowest BCUT2D eigenvalue weighted by molar-refractivity contribution is 0.794. The zero-order valence-corrected chi connectivity index (χ0v) is 62.0. The van der Waals surface area contributed by atoms with Crippen molar-refractivity contribution in [2.45, 2.75) is 5.41 Å². The Kier molecular flexibility index (Phi) is 14.2. The summed E-state index contributed by atoms with van der Waals surface area (Å²) in [5.74, 6) is 0. The molecule has 0 atom stereocenters. The molecule has 1 spiro atoms. The van der Waals surface area contributed by atoms with Crippen molar-refractivity contribution in [1.29, 1.82) is 0 Å². The van der Waals surface area contributed by atoms with Crippen molar-refractivity contribution in [1.82, 2.24) is 0 Å². The van der Waals surface area contributed by atoms with Gasteiger partial charge in [0.15, 0.2) is 0 Å². The first-order chi connectivity index (χ1) is 54.6. The van der Waals surface area contributed by atoms with Crippen LogP contribution in [0.4, 0.5) is 34.1 Å². The summed E-state index contributed by atoms with van der Waals surface area (Å²) in [6.45, 7) is 0. The van der Waals surface area contributed by atoms with E-state index in [0.717, 1.165) is 39.7 Å². The molecule has 0 saturated heterocycles. The second kappa shape index (κ2) is 24.9. The molecule has 5 heteroatoms. The van der Waals surface area contributed by atoms with E-state index >= 15 is 0 Å². The van der Waals surface area contributed by atoms with Gasteiger partial charge in [-0.15, -0.1) is 34.0 Å². The van der Waals surface area contributed by atoms with E-state index in [1.807, 2.05) is 34.0 Å². The predicted octanol–water partition coefficient (Wildman–Crippen LogP) is 30.7. The minimum atomic E-state index is -0.507. The van der Waals surface area contributed by atoms with E-state index in [1.165, 1.54) is 177 Å². The highest BCUT2D eigenvalue weighted by Gasteiger charge is 2.52. The molecular formula is C105H64N2S3. The minimum Gasteiger partial charge on any atom is -0.310 e. The van der Waals surface area contributed by atoms with Gasteiger partial charge in [0.1, 0.15) is 0 Å². The number of hydrogen-bond acceptors (Lipinski definition) is 5. The van der Waals surface area contributed by atoms with Gasteiger partial charge in [0.25, 0.3) is 0 Å². The molecule has 512 valence electrons. The smallest absolute Gasteiger partial charge is 0.0726 e. The minimum absolute atomic E-state index is 0.507. The van der Waals surface area contributed by atoms with E-state index in [-0.39, 0.29) is 0 Å². The van der Waals surface area contributed by atoms with Gasteiger partial charge in [-0.25, -0.2) is 0 Å². The first-order valence-corrected chi connectivity index (χ1v) is 40.2. The summed E-state index contributed by atoms with van der Waals surface area (Å²) in [6.07, 6.45) is 0. The van der Waals surface area contributed by atoms with Crippen molar-refractivity contribution >= 4 is 150 Å². The highest BCUT2D eigenvalue weighted by Crippen LogP contribution is 2.65. The van der Waals surface area contributed by atoms with Crippen LogP contribution < -0.4 is 9.80 Å². The first kappa shape index (κ1) is 62.9. The van der Waals surface area contributed by atoms with Crippen LogP contribution >= 0.6 is 34.0 Å². The van der Waals surface area contributed by atoms with Crippen molar-refractivity contribution in [3.8, 4) is 77.9 Å². The fourth-order valence-corrected chi connectivity index (χ4v) is 22.3. The lowest BCUT2D eigenvalue weighted by Crippen LogP contribution is -2.26. The summed E-state index contributed by atoms with van der Waals surface area (Å²) in [5.41, 5.74) is 28.5. The van der Waals surface area contributed by atoms with E-state index in [4.69, 9.17) is 0 Å². The third-order valence-corrected chi connectivity index (χ3v) is 26.9. The molecular weight excluding hydrogens is 1390 g/mol. The van der Waals surface area contributed by atoms with Crippen molar-refractivity contribution in [3.63, 3.8) is 0 Å². The molecule has 0 aliphatic heterocycles. The number of fused-ring (bicyclic) bond motifs is 21. The van der Waals surface area contributed by atoms with Gasteiger partial charge in [-0.3, -0.25) is 0 Å². The Morgan fingerprint density at radius 3 is 1.24 bits per heavy atom. The molecule has 0 saturated carbocycles. The molecule has 0 bridgehead atoms. The second-order valence-electron chi connectivity index (χ2n) is 29.2. The van der Waals surface area contributed by atoms with Gasteiger partial charge in [0, 0.05) is 94.3 Å². The molecule has 2 nitrogen and oxygen atoms in total. The second-order valence-corrected chi connectivity index (χ2v) is 32.4. The van der Waals surface area contributed by atoms with Crippen molar-refractivity contribution < 1.29 is 0 Å². The maximum absolute atomic E-state index is 2.57. The van der Waals surface area contributed by atoms with E-state index < -0.39 is 5.41 Å². The van der Waals surface area contributed by atoms with Crippen LogP contribution in [-0.4, -0.2) is 0 Å². The Morgan fingerprint density at radius 2 is 0.573 bits per heavy atom. The van der Waals surface area contributed by atoms with E-state index in [2.05, 4.69) is 398 Å². The highest BCUT2D eigenvalue weighted by molar-refractivity contribution is 7.26. The lowest BCUT2D eigenvalue weighted by atomic mass is 9.70. The van der Waals surface area contributed by atoms with Crippen LogP contribution in [0.1, 0.15) is 22.3 Å². The fraction of sp³-hybridized carbons (Fsp3) is 0.00952. The number of benzene rings is 18. The molecule has 21 aromatic rings. The largest absolute Gasteiger partial charge is 0.310 e. The molecule has 2 aliphatic carbocycles. The van der Waals surface area contributed by atoms with Gasteiger partial charge in [0.05, 0.1) is 22.5 Å². The van der Waals surface area contributed by atoms with E-state index in [0.29, 0.717) is 0 Å². The number of hydrogen-bond donors (Lipinski definition) is 0. The molecule has 2 aliphatic rings. The molecule has 0 radical (unpaired) electrons. The van der Waals surface area contributed by atoms with Crippen LogP contribution in [0.3, 0.4) is 0 Å². The van der Waals surface area contributed by atoms with Crippen LogP contribution in [0.25, 0.3) is 160 Å². The zero-order valence-electron chi connectivity index (χ0n) is 59.6. The van der Waals surface area contributed by atoms with Crippen LogP contribution in [0.2, 0.25) is 0 Å². The number of nitrogens with zero attached hydrogens (tertiary/aromatic N) is 2. The average molecular weight is 1450 g/mol. The lowest BCUT2D eigenvalue weighted by Gasteiger charge is -2.32. The first-order valence-electron chi connectivity index (χ1n) is 37.8. The van der Waals surface area contributed by atoms with Gasteiger partial charge in [-0.2, -0.15) is 0 Å². The van der Waals surface area contributed by atoms with Gasteiger partial charge in [-0.1, -0.05) is 297 Å². The standard InChI is InChI=1S/C105H64N2S3/c1-2-25-72-65(23-1)24-17-33-73(72)66-53-58-70(59-54-66)107(95-46-22-43-92-104(95)85-31-5-12-42-91(85)105(92)89-40-10-3-26-78(89)79-27-4-11-41-90(79)105)94-45-14-7-29-81(94)84-39-21-50-100-103(84)87-61-55-68(63-101(87)110-100)75-35-19-36-76-74(34-18-37-77(75)76)67-51-56-69(57-52-67)106(71-60-62-98-88(64-71)82-30-8-15-47-96(82)108-98)93-44-13-6-28-80(93)83-38-20-49-99-102(83)86-32-9-16-48-97(86)109-99/h1-64H. The Balaban J connectivity index is 0.639. The number of para-hydroxylation sites is 2. The average Bonchev–Trinajstić information content (AvgIpc) is 1.50. The molecule has 3 heterocycles.